The molecule has 0 saturated heterocycles. The standard InChI is InChI=1S/C16H22N4O4/c1-3-11-8-14(24-20-11)9-17-16(22)19-13-6-4-5-12(7-13)18-15(21)10-23-2/h4-7,14H,3,8-10H2,1-2H3,(H,18,21)(H2,17,19,22). The predicted molar refractivity (Wildman–Crippen MR) is 91.2 cm³/mol. The Labute approximate surface area is 140 Å². The van der Waals surface area contributed by atoms with Crippen LogP contribution < -0.4 is 16.0 Å². The van der Waals surface area contributed by atoms with Gasteiger partial charge in [0.2, 0.25) is 5.91 Å². The van der Waals surface area contributed by atoms with Crippen LogP contribution in [-0.4, -0.2) is 44.0 Å². The zero-order chi connectivity index (χ0) is 17.4. The van der Waals surface area contributed by atoms with Crippen LogP contribution in [0, 0.1) is 0 Å². The molecule has 0 bridgehead atoms. The van der Waals surface area contributed by atoms with Gasteiger partial charge in [-0.25, -0.2) is 4.79 Å². The number of anilines is 2. The van der Waals surface area contributed by atoms with Gasteiger partial charge in [-0.05, 0) is 24.6 Å². The topological polar surface area (TPSA) is 101 Å². The van der Waals surface area contributed by atoms with E-state index in [1.165, 1.54) is 7.11 Å². The summed E-state index contributed by atoms with van der Waals surface area (Å²) in [6.07, 6.45) is 1.47. The van der Waals surface area contributed by atoms with E-state index < -0.39 is 0 Å². The van der Waals surface area contributed by atoms with Crippen LogP contribution in [0.4, 0.5) is 16.2 Å². The largest absolute Gasteiger partial charge is 0.390 e. The average Bonchev–Trinajstić information content (AvgIpc) is 3.01. The molecule has 8 nitrogen and oxygen atoms in total. The minimum Gasteiger partial charge on any atom is -0.390 e. The number of carbonyl (C=O) groups excluding carboxylic acids is 2. The maximum atomic E-state index is 11.9. The third-order valence-corrected chi connectivity index (χ3v) is 3.37. The number of oxime groups is 1. The number of benzene rings is 1. The van der Waals surface area contributed by atoms with E-state index in [1.807, 2.05) is 6.92 Å². The molecule has 1 aromatic carbocycles. The summed E-state index contributed by atoms with van der Waals surface area (Å²) >= 11 is 0. The van der Waals surface area contributed by atoms with Gasteiger partial charge >= 0.3 is 6.03 Å². The van der Waals surface area contributed by atoms with Crippen molar-refractivity contribution in [2.24, 2.45) is 5.16 Å². The Balaban J connectivity index is 1.78. The van der Waals surface area contributed by atoms with Crippen molar-refractivity contribution in [2.75, 3.05) is 30.9 Å². The fourth-order valence-electron chi connectivity index (χ4n) is 2.19. The number of urea groups is 1. The van der Waals surface area contributed by atoms with Crippen molar-refractivity contribution in [1.29, 1.82) is 0 Å². The first kappa shape index (κ1) is 17.7. The summed E-state index contributed by atoms with van der Waals surface area (Å²) in [5.74, 6) is -0.260. The van der Waals surface area contributed by atoms with Crippen LogP contribution in [0.15, 0.2) is 29.4 Å². The molecule has 0 aliphatic carbocycles. The molecule has 1 unspecified atom stereocenters. The molecule has 1 aliphatic heterocycles. The van der Waals surface area contributed by atoms with E-state index in [-0.39, 0.29) is 24.6 Å². The van der Waals surface area contributed by atoms with Crippen LogP contribution in [0.3, 0.4) is 0 Å². The zero-order valence-corrected chi connectivity index (χ0v) is 13.8. The van der Waals surface area contributed by atoms with Crippen molar-refractivity contribution >= 4 is 29.0 Å². The number of nitrogens with one attached hydrogen (secondary N) is 3. The molecule has 0 spiro atoms. The first-order valence-corrected chi connectivity index (χ1v) is 7.76. The number of amides is 3. The lowest BCUT2D eigenvalue weighted by molar-refractivity contribution is -0.119. The molecule has 3 amide bonds. The van der Waals surface area contributed by atoms with Crippen molar-refractivity contribution in [3.8, 4) is 0 Å². The van der Waals surface area contributed by atoms with E-state index >= 15 is 0 Å². The highest BCUT2D eigenvalue weighted by atomic mass is 16.6. The minimum atomic E-state index is -0.344. The summed E-state index contributed by atoms with van der Waals surface area (Å²) in [6, 6.07) is 6.52. The Kier molecular flexibility index (Phi) is 6.56. The van der Waals surface area contributed by atoms with E-state index in [4.69, 9.17) is 9.57 Å². The van der Waals surface area contributed by atoms with Gasteiger partial charge in [-0.1, -0.05) is 18.1 Å². The van der Waals surface area contributed by atoms with Crippen LogP contribution in [0.2, 0.25) is 0 Å². The molecule has 0 fully saturated rings. The number of rotatable bonds is 7. The van der Waals surface area contributed by atoms with Gasteiger partial charge in [-0.3, -0.25) is 4.79 Å². The molecule has 0 aromatic heterocycles. The van der Waals surface area contributed by atoms with Crippen molar-refractivity contribution in [3.63, 3.8) is 0 Å². The molecule has 24 heavy (non-hydrogen) atoms. The summed E-state index contributed by atoms with van der Waals surface area (Å²) < 4.78 is 4.75. The molecular weight excluding hydrogens is 312 g/mol. The zero-order valence-electron chi connectivity index (χ0n) is 13.8. The Morgan fingerprint density at radius 1 is 1.33 bits per heavy atom. The Hall–Kier alpha value is -2.61. The molecule has 8 heteroatoms. The normalized spacial score (nSPS) is 16.1. The predicted octanol–water partition coefficient (Wildman–Crippen LogP) is 1.95. The Bertz CT molecular complexity index is 618. The molecule has 1 atom stereocenters. The number of nitrogens with zero attached hydrogens (tertiary/aromatic N) is 1. The summed E-state index contributed by atoms with van der Waals surface area (Å²) in [5, 5.41) is 12.1. The average molecular weight is 334 g/mol. The molecule has 2 rings (SSSR count). The van der Waals surface area contributed by atoms with E-state index in [0.29, 0.717) is 17.9 Å². The molecular formula is C16H22N4O4. The second-order valence-electron chi connectivity index (χ2n) is 5.34. The van der Waals surface area contributed by atoms with Crippen LogP contribution in [0.5, 0.6) is 0 Å². The molecule has 130 valence electrons. The molecule has 3 N–H and O–H groups in total. The SMILES string of the molecule is CCC1=NOC(CNC(=O)Nc2cccc(NC(=O)COC)c2)C1. The summed E-state index contributed by atoms with van der Waals surface area (Å²) in [4.78, 5) is 28.6. The highest BCUT2D eigenvalue weighted by Crippen LogP contribution is 2.15. The minimum absolute atomic E-state index is 0.0264. The summed E-state index contributed by atoms with van der Waals surface area (Å²) in [6.45, 7) is 2.37. The third kappa shape index (κ3) is 5.54. The number of hydrogen-bond donors (Lipinski definition) is 3. The fraction of sp³-hybridized carbons (Fsp3) is 0.438. The second kappa shape index (κ2) is 8.88. The van der Waals surface area contributed by atoms with Crippen LogP contribution in [0.25, 0.3) is 0 Å². The lowest BCUT2D eigenvalue weighted by Gasteiger charge is -2.12. The van der Waals surface area contributed by atoms with Gasteiger partial charge in [0.15, 0.2) is 0 Å². The molecule has 1 aromatic rings. The van der Waals surface area contributed by atoms with E-state index in [1.54, 1.807) is 24.3 Å². The monoisotopic (exact) mass is 334 g/mol. The van der Waals surface area contributed by atoms with E-state index in [2.05, 4.69) is 21.1 Å². The number of hydrogen-bond acceptors (Lipinski definition) is 5. The van der Waals surface area contributed by atoms with E-state index in [0.717, 1.165) is 18.6 Å². The van der Waals surface area contributed by atoms with Crippen LogP contribution in [-0.2, 0) is 14.4 Å². The van der Waals surface area contributed by atoms with Gasteiger partial charge in [0.05, 0.1) is 12.3 Å². The van der Waals surface area contributed by atoms with Crippen molar-refractivity contribution in [2.45, 2.75) is 25.9 Å². The highest BCUT2D eigenvalue weighted by molar-refractivity contribution is 5.94. The lowest BCUT2D eigenvalue weighted by atomic mass is 10.1. The number of methoxy groups -OCH3 is 1. The van der Waals surface area contributed by atoms with Crippen molar-refractivity contribution in [3.05, 3.63) is 24.3 Å². The van der Waals surface area contributed by atoms with Crippen LogP contribution >= 0.6 is 0 Å². The molecule has 0 radical (unpaired) electrons. The number of ether oxygens (including phenoxy) is 1. The first-order chi connectivity index (χ1) is 11.6. The maximum Gasteiger partial charge on any atom is 0.319 e. The molecule has 0 saturated carbocycles. The highest BCUT2D eigenvalue weighted by Gasteiger charge is 2.20. The Morgan fingerprint density at radius 3 is 2.75 bits per heavy atom. The van der Waals surface area contributed by atoms with Gasteiger partial charge in [-0.2, -0.15) is 0 Å². The van der Waals surface area contributed by atoms with Crippen molar-refractivity contribution < 1.29 is 19.2 Å². The van der Waals surface area contributed by atoms with Gasteiger partial charge in [0.25, 0.3) is 0 Å². The summed E-state index contributed by atoms with van der Waals surface area (Å²) in [5.41, 5.74) is 2.15. The van der Waals surface area contributed by atoms with E-state index in [9.17, 15) is 9.59 Å². The van der Waals surface area contributed by atoms with Crippen molar-refractivity contribution in [1.82, 2.24) is 5.32 Å². The molecule has 1 heterocycles. The van der Waals surface area contributed by atoms with Gasteiger partial charge in [0, 0.05) is 24.9 Å². The Morgan fingerprint density at radius 2 is 2.08 bits per heavy atom. The summed E-state index contributed by atoms with van der Waals surface area (Å²) in [7, 11) is 1.45. The fourth-order valence-corrected chi connectivity index (χ4v) is 2.19. The third-order valence-electron chi connectivity index (χ3n) is 3.37. The molecule has 1 aliphatic rings. The quantitative estimate of drug-likeness (QED) is 0.709. The van der Waals surface area contributed by atoms with Gasteiger partial charge in [-0.15, -0.1) is 0 Å². The maximum absolute atomic E-state index is 11.9. The first-order valence-electron chi connectivity index (χ1n) is 7.76. The second-order valence-corrected chi connectivity index (χ2v) is 5.34. The van der Waals surface area contributed by atoms with Gasteiger partial charge < -0.3 is 25.5 Å². The van der Waals surface area contributed by atoms with Gasteiger partial charge in [0.1, 0.15) is 12.7 Å². The smallest absolute Gasteiger partial charge is 0.319 e. The number of carbonyl (C=O) groups is 2. The van der Waals surface area contributed by atoms with Crippen LogP contribution in [0.1, 0.15) is 19.8 Å². The lowest BCUT2D eigenvalue weighted by Crippen LogP contribution is -2.35.